The Labute approximate surface area is 263 Å². The van der Waals surface area contributed by atoms with E-state index in [-0.39, 0.29) is 35.3 Å². The molecule has 5 aliphatic rings. The number of phosphoric ester groups is 1. The fourth-order valence-electron chi connectivity index (χ4n) is 7.07. The van der Waals surface area contributed by atoms with Crippen LogP contribution >= 0.6 is 26.9 Å². The van der Waals surface area contributed by atoms with Crippen molar-refractivity contribution in [3.05, 3.63) is 25.3 Å². The lowest BCUT2D eigenvalue weighted by atomic mass is 9.53. The van der Waals surface area contributed by atoms with Crippen LogP contribution in [-0.2, 0) is 32.0 Å². The molecule has 7 N–H and O–H groups in total. The van der Waals surface area contributed by atoms with E-state index in [9.17, 15) is 24.2 Å². The van der Waals surface area contributed by atoms with Gasteiger partial charge < -0.3 is 35.9 Å². The van der Waals surface area contributed by atoms with E-state index in [1.165, 1.54) is 29.9 Å². The highest BCUT2D eigenvalue weighted by atomic mass is 32.7. The standard InChI is InChI=1S/C23H28N10O10P2S/c24-19-12-21(28-4-26-19)32(6-30-12)14-8-1-9-10(8)2-39-44(36,37)42-18-15(34)11(3-40-45(38,46)43-17(9)16(14)35)41-23(18)33-7-31-13-20(25)27-5-29-22(13)33/h4-11,14-18,23,34-35H,1-3H2,(H,36,37)(H,38,46)(H2,24,26,28)(H2,25,27,29)/t8-,9-,10-,11+,14+,15+,16-,17+,18+,23+,45-/m0/s1. The Morgan fingerprint density at radius 2 is 1.46 bits per heavy atom. The molecule has 4 aromatic rings. The van der Waals surface area contributed by atoms with Crippen LogP contribution in [0.1, 0.15) is 18.7 Å². The Kier molecular flexibility index (Phi) is 7.20. The summed E-state index contributed by atoms with van der Waals surface area (Å²) in [5.41, 5.74) is 13.0. The highest BCUT2D eigenvalue weighted by Crippen LogP contribution is 2.64. The van der Waals surface area contributed by atoms with Gasteiger partial charge in [-0.25, -0.2) is 39.0 Å². The summed E-state index contributed by atoms with van der Waals surface area (Å²) in [4.78, 5) is 35.7. The minimum atomic E-state index is -4.88. The number of nitrogen functional groups attached to an aromatic ring is 2. The summed E-state index contributed by atoms with van der Waals surface area (Å²) >= 11 is 4.18. The van der Waals surface area contributed by atoms with Crippen LogP contribution in [0.15, 0.2) is 25.3 Å². The lowest BCUT2D eigenvalue weighted by Gasteiger charge is -2.58. The van der Waals surface area contributed by atoms with Gasteiger partial charge in [-0.3, -0.25) is 22.7 Å². The molecule has 9 rings (SSSR count). The number of ether oxygens (including phenoxy) is 1. The molecule has 6 bridgehead atoms. The first-order valence-electron chi connectivity index (χ1n) is 14.1. The summed E-state index contributed by atoms with van der Waals surface area (Å²) in [6.45, 7) is -5.07. The van der Waals surface area contributed by atoms with Crippen LogP contribution in [0.3, 0.4) is 0 Å². The smallest absolute Gasteiger partial charge is 0.388 e. The fraction of sp³-hybridized carbons (Fsp3) is 0.565. The Morgan fingerprint density at radius 1 is 0.804 bits per heavy atom. The van der Waals surface area contributed by atoms with E-state index in [0.717, 1.165) is 0 Å². The molecule has 0 spiro atoms. The Bertz CT molecular complexity index is 1930. The van der Waals surface area contributed by atoms with Crippen LogP contribution < -0.4 is 11.5 Å². The van der Waals surface area contributed by atoms with Crippen molar-refractivity contribution in [3.8, 4) is 0 Å². The molecule has 3 saturated carbocycles. The van der Waals surface area contributed by atoms with Crippen molar-refractivity contribution in [2.24, 2.45) is 17.8 Å². The number of rotatable bonds is 2. The number of aliphatic hydroxyl groups excluding tert-OH is 2. The van der Waals surface area contributed by atoms with Crippen LogP contribution in [0.25, 0.3) is 22.3 Å². The number of aromatic nitrogens is 8. The average molecular weight is 699 g/mol. The number of anilines is 2. The fourth-order valence-corrected chi connectivity index (χ4v) is 9.54. The second-order valence-corrected chi connectivity index (χ2v) is 15.9. The van der Waals surface area contributed by atoms with Crippen LogP contribution in [0.5, 0.6) is 0 Å². The second kappa shape index (κ2) is 10.9. The molecular formula is C23H28N10O10P2S. The van der Waals surface area contributed by atoms with Crippen LogP contribution in [-0.4, -0.2) is 97.9 Å². The Hall–Kier alpha value is -2.81. The molecule has 2 aliphatic heterocycles. The number of hydrogen-bond donors (Lipinski definition) is 6. The molecule has 0 amide bonds. The predicted octanol–water partition coefficient (Wildman–Crippen LogP) is 0.212. The third-order valence-corrected chi connectivity index (χ3v) is 11.8. The number of imidazole rings is 2. The topological polar surface area (TPSA) is 280 Å². The molecule has 20 nitrogen and oxygen atoms in total. The van der Waals surface area contributed by atoms with Gasteiger partial charge in [0, 0.05) is 0 Å². The maximum atomic E-state index is 13.6. The summed E-state index contributed by atoms with van der Waals surface area (Å²) in [5.74, 6) is -1.03. The molecule has 1 unspecified atom stereocenters. The highest BCUT2D eigenvalue weighted by Gasteiger charge is 2.61. The number of hydrogen-bond acceptors (Lipinski definition) is 17. The number of thiol groups is 1. The van der Waals surface area contributed by atoms with Crippen molar-refractivity contribution in [2.75, 3.05) is 24.7 Å². The maximum Gasteiger partial charge on any atom is 0.472 e. The normalized spacial score (nSPS) is 41.3. The van der Waals surface area contributed by atoms with Crippen molar-refractivity contribution in [2.45, 2.75) is 49.2 Å². The zero-order chi connectivity index (χ0) is 32.1. The van der Waals surface area contributed by atoms with Crippen LogP contribution in [0.4, 0.5) is 11.6 Å². The third kappa shape index (κ3) is 4.84. The van der Waals surface area contributed by atoms with E-state index in [0.29, 0.717) is 17.6 Å². The summed E-state index contributed by atoms with van der Waals surface area (Å²) < 4.78 is 58.5. The number of nitrogens with two attached hydrogens (primary N) is 2. The third-order valence-electron chi connectivity index (χ3n) is 9.22. The summed E-state index contributed by atoms with van der Waals surface area (Å²) in [6.07, 6.45) is -2.30. The lowest BCUT2D eigenvalue weighted by Crippen LogP contribution is -2.62. The van der Waals surface area contributed by atoms with E-state index >= 15 is 0 Å². The molecule has 246 valence electrons. The van der Waals surface area contributed by atoms with Gasteiger partial charge in [0.25, 0.3) is 0 Å². The van der Waals surface area contributed by atoms with E-state index < -0.39 is 75.9 Å². The summed E-state index contributed by atoms with van der Waals surface area (Å²) in [7, 11) is -4.88. The van der Waals surface area contributed by atoms with Crippen molar-refractivity contribution >= 4 is 60.8 Å². The molecule has 3 aliphatic carbocycles. The highest BCUT2D eigenvalue weighted by molar-refractivity contribution is 8.44. The van der Waals surface area contributed by atoms with Gasteiger partial charge in [0.1, 0.15) is 48.1 Å². The molecule has 23 heteroatoms. The van der Waals surface area contributed by atoms with E-state index in [1.807, 2.05) is 0 Å². The summed E-state index contributed by atoms with van der Waals surface area (Å²) in [6, 6.07) is -0.738. The summed E-state index contributed by atoms with van der Waals surface area (Å²) in [5, 5.41) is 22.8. The molecule has 2 saturated heterocycles. The molecule has 5 fully saturated rings. The monoisotopic (exact) mass is 698 g/mol. The maximum absolute atomic E-state index is 13.6. The lowest BCUT2D eigenvalue weighted by molar-refractivity contribution is -0.184. The first kappa shape index (κ1) is 30.5. The zero-order valence-corrected chi connectivity index (χ0v) is 26.2. The van der Waals surface area contributed by atoms with Crippen molar-refractivity contribution in [1.29, 1.82) is 0 Å². The Balaban J connectivity index is 1.14. The first-order chi connectivity index (χ1) is 21.9. The van der Waals surface area contributed by atoms with Gasteiger partial charge in [-0.15, -0.1) is 0 Å². The Morgan fingerprint density at radius 3 is 2.15 bits per heavy atom. The van der Waals surface area contributed by atoms with Gasteiger partial charge >= 0.3 is 14.6 Å². The van der Waals surface area contributed by atoms with E-state index in [2.05, 4.69) is 42.2 Å². The molecule has 6 heterocycles. The quantitative estimate of drug-likeness (QED) is 0.120. The second-order valence-electron chi connectivity index (χ2n) is 11.6. The number of fused-ring (bicyclic) bond motifs is 5. The van der Waals surface area contributed by atoms with Crippen molar-refractivity contribution in [1.82, 2.24) is 39.0 Å². The first-order valence-corrected chi connectivity index (χ1v) is 18.3. The number of phosphoric acid groups is 1. The molecule has 4 aromatic heterocycles. The average Bonchev–Trinajstić information content (AvgIpc) is 3.69. The molecule has 0 radical (unpaired) electrons. The van der Waals surface area contributed by atoms with Gasteiger partial charge in [-0.2, -0.15) is 0 Å². The molecular weight excluding hydrogens is 670 g/mol. The number of aliphatic hydroxyl groups is 2. The van der Waals surface area contributed by atoms with Crippen molar-refractivity contribution < 1.29 is 47.1 Å². The van der Waals surface area contributed by atoms with Crippen LogP contribution in [0.2, 0.25) is 0 Å². The van der Waals surface area contributed by atoms with Crippen molar-refractivity contribution in [3.63, 3.8) is 0 Å². The van der Waals surface area contributed by atoms with Gasteiger partial charge in [0.15, 0.2) is 29.2 Å². The SMILES string of the molecule is Nc1ncnc2c1ncn2[C@H]1[C@H](O)[C@@H]2O[P@@](=O)(S)OC[C@H]3O[C@@H](n4cnc5c(N)ncnc54)[C@H](OP(=O)(O)OC[C@@H]4[C@@H]2C[C@@H]41)[C@@H]3O. The molecule has 12 atom stereocenters. The van der Waals surface area contributed by atoms with Gasteiger partial charge in [0.2, 0.25) is 0 Å². The van der Waals surface area contributed by atoms with E-state index in [4.69, 9.17) is 34.3 Å². The van der Waals surface area contributed by atoms with Gasteiger partial charge in [-0.05, 0) is 24.2 Å². The minimum absolute atomic E-state index is 0.0761. The van der Waals surface area contributed by atoms with Gasteiger partial charge in [0.05, 0.1) is 38.0 Å². The largest absolute Gasteiger partial charge is 0.472 e. The predicted molar refractivity (Wildman–Crippen MR) is 158 cm³/mol. The van der Waals surface area contributed by atoms with Gasteiger partial charge in [-0.1, -0.05) is 12.2 Å². The van der Waals surface area contributed by atoms with Crippen LogP contribution in [0, 0.1) is 17.8 Å². The molecule has 46 heavy (non-hydrogen) atoms. The minimum Gasteiger partial charge on any atom is -0.388 e. The zero-order valence-electron chi connectivity index (χ0n) is 23.5. The number of nitrogens with zero attached hydrogens (tertiary/aromatic N) is 8. The molecule has 0 aromatic carbocycles. The van der Waals surface area contributed by atoms with E-state index in [1.54, 1.807) is 4.57 Å².